The largest absolute Gasteiger partial charge is 0.465 e. The molecule has 0 fully saturated rings. The van der Waals surface area contributed by atoms with Crippen LogP contribution in [0, 0.1) is 0 Å². The van der Waals surface area contributed by atoms with E-state index in [1.165, 1.54) is 12.2 Å². The lowest BCUT2D eigenvalue weighted by molar-refractivity contribution is -0.137. The van der Waals surface area contributed by atoms with Gasteiger partial charge in [-0.25, -0.2) is 4.79 Å². The fourth-order valence-corrected chi connectivity index (χ4v) is 1.63. The van der Waals surface area contributed by atoms with Crippen LogP contribution in [0.15, 0.2) is 30.5 Å². The zero-order valence-corrected chi connectivity index (χ0v) is 11.1. The van der Waals surface area contributed by atoms with E-state index in [-0.39, 0.29) is 22.5 Å². The zero-order chi connectivity index (χ0) is 16.2. The Bertz CT molecular complexity index is 607. The van der Waals surface area contributed by atoms with Gasteiger partial charge in [-0.05, 0) is 30.5 Å². The van der Waals surface area contributed by atoms with E-state index in [9.17, 15) is 18.0 Å². The summed E-state index contributed by atoms with van der Waals surface area (Å²) < 4.78 is 43.5. The van der Waals surface area contributed by atoms with Crippen molar-refractivity contribution in [3.8, 4) is 0 Å². The number of nitrogens with two attached hydrogens (primary N) is 3. The van der Waals surface area contributed by atoms with E-state index in [1.54, 1.807) is 0 Å². The number of esters is 1. The summed E-state index contributed by atoms with van der Waals surface area (Å²) in [6.07, 6.45) is -1.12. The summed E-state index contributed by atoms with van der Waals surface area (Å²) in [7, 11) is 1.09. The number of nitrogen functional groups attached to an aromatic ring is 1. The Morgan fingerprint density at radius 2 is 1.90 bits per heavy atom. The molecule has 1 rings (SSSR count). The van der Waals surface area contributed by atoms with Crippen molar-refractivity contribution in [1.29, 1.82) is 0 Å². The quantitative estimate of drug-likeness (QED) is 0.449. The van der Waals surface area contributed by atoms with Gasteiger partial charge in [-0.15, -0.1) is 0 Å². The maximum absolute atomic E-state index is 13.0. The van der Waals surface area contributed by atoms with Crippen LogP contribution in [0.1, 0.15) is 21.5 Å². The van der Waals surface area contributed by atoms with Gasteiger partial charge < -0.3 is 21.9 Å². The predicted octanol–water partition coefficient (Wildman–Crippen LogP) is 1.85. The van der Waals surface area contributed by atoms with Gasteiger partial charge in [0.2, 0.25) is 0 Å². The Kier molecular flexibility index (Phi) is 4.85. The number of ether oxygens (including phenoxy) is 1. The summed E-state index contributed by atoms with van der Waals surface area (Å²) in [6, 6.07) is 1.59. The Morgan fingerprint density at radius 3 is 2.38 bits per heavy atom. The topological polar surface area (TPSA) is 104 Å². The van der Waals surface area contributed by atoms with Crippen molar-refractivity contribution in [2.45, 2.75) is 6.18 Å². The van der Waals surface area contributed by atoms with Crippen molar-refractivity contribution >= 4 is 17.4 Å². The maximum atomic E-state index is 13.0. The van der Waals surface area contributed by atoms with Crippen LogP contribution in [0.2, 0.25) is 0 Å². The molecule has 0 aliphatic heterocycles. The number of benzene rings is 1. The van der Waals surface area contributed by atoms with Crippen LogP contribution in [0.5, 0.6) is 0 Å². The number of methoxy groups -OCH3 is 1. The van der Waals surface area contributed by atoms with E-state index in [0.29, 0.717) is 6.07 Å². The van der Waals surface area contributed by atoms with Gasteiger partial charge in [0, 0.05) is 16.9 Å². The molecule has 0 heterocycles. The van der Waals surface area contributed by atoms with Gasteiger partial charge in [0.05, 0.1) is 18.2 Å². The first-order chi connectivity index (χ1) is 9.72. The molecule has 0 saturated heterocycles. The second-order valence-electron chi connectivity index (χ2n) is 3.98. The van der Waals surface area contributed by atoms with Crippen LogP contribution in [-0.4, -0.2) is 13.1 Å². The highest BCUT2D eigenvalue weighted by molar-refractivity contribution is 5.96. The van der Waals surface area contributed by atoms with Gasteiger partial charge in [-0.1, -0.05) is 0 Å². The molecule has 0 bridgehead atoms. The number of hydrogen-bond acceptors (Lipinski definition) is 5. The molecule has 114 valence electrons. The molecule has 1 aromatic carbocycles. The summed E-state index contributed by atoms with van der Waals surface area (Å²) in [5.74, 6) is -0.857. The van der Waals surface area contributed by atoms with E-state index in [4.69, 9.17) is 17.2 Å². The molecular weight excluding hydrogens is 287 g/mol. The third-order valence-corrected chi connectivity index (χ3v) is 2.60. The minimum absolute atomic E-state index is 0.200. The van der Waals surface area contributed by atoms with Gasteiger partial charge in [0.1, 0.15) is 0 Å². The van der Waals surface area contributed by atoms with E-state index in [0.717, 1.165) is 19.4 Å². The molecule has 0 radical (unpaired) electrons. The molecule has 0 spiro atoms. The minimum Gasteiger partial charge on any atom is -0.465 e. The Balaban J connectivity index is 3.60. The van der Waals surface area contributed by atoms with Gasteiger partial charge in [0.15, 0.2) is 0 Å². The van der Waals surface area contributed by atoms with Gasteiger partial charge >= 0.3 is 12.1 Å². The number of anilines is 1. The molecule has 0 saturated carbocycles. The number of rotatable bonds is 3. The number of carbonyl (C=O) groups excluding carboxylic acids is 1. The fourth-order valence-electron chi connectivity index (χ4n) is 1.63. The molecule has 0 amide bonds. The molecule has 0 aliphatic carbocycles. The first-order valence-electron chi connectivity index (χ1n) is 5.65. The lowest BCUT2D eigenvalue weighted by Crippen LogP contribution is -2.15. The number of carbonyl (C=O) groups is 1. The molecule has 0 atom stereocenters. The maximum Gasteiger partial charge on any atom is 0.417 e. The monoisotopic (exact) mass is 301 g/mol. The van der Waals surface area contributed by atoms with Crippen LogP contribution >= 0.6 is 0 Å². The highest BCUT2D eigenvalue weighted by Crippen LogP contribution is 2.36. The summed E-state index contributed by atoms with van der Waals surface area (Å²) in [5.41, 5.74) is 14.0. The van der Waals surface area contributed by atoms with Crippen LogP contribution in [0.3, 0.4) is 0 Å². The Labute approximate surface area is 118 Å². The SMILES string of the molecule is COC(=O)c1cc(/C(N)=C/C=C\N)c(C(F)(F)F)cc1N. The summed E-state index contributed by atoms with van der Waals surface area (Å²) in [6.45, 7) is 0. The molecule has 0 aliphatic rings. The molecular formula is C13H14F3N3O2. The van der Waals surface area contributed by atoms with Crippen LogP contribution in [0.25, 0.3) is 5.70 Å². The molecule has 1 aromatic rings. The predicted molar refractivity (Wildman–Crippen MR) is 72.7 cm³/mol. The van der Waals surface area contributed by atoms with Crippen molar-refractivity contribution in [2.24, 2.45) is 11.5 Å². The molecule has 21 heavy (non-hydrogen) atoms. The van der Waals surface area contributed by atoms with Crippen molar-refractivity contribution in [2.75, 3.05) is 12.8 Å². The number of allylic oxidation sites excluding steroid dienone is 2. The second kappa shape index (κ2) is 6.21. The minimum atomic E-state index is -4.68. The summed E-state index contributed by atoms with van der Waals surface area (Å²) in [4.78, 5) is 11.5. The second-order valence-corrected chi connectivity index (χ2v) is 3.98. The van der Waals surface area contributed by atoms with Crippen molar-refractivity contribution < 1.29 is 22.7 Å². The normalized spacial score (nSPS) is 12.7. The van der Waals surface area contributed by atoms with E-state index in [2.05, 4.69) is 4.74 Å². The van der Waals surface area contributed by atoms with Crippen LogP contribution in [-0.2, 0) is 10.9 Å². The van der Waals surface area contributed by atoms with E-state index >= 15 is 0 Å². The highest BCUT2D eigenvalue weighted by atomic mass is 19.4. The van der Waals surface area contributed by atoms with Gasteiger partial charge in [-0.2, -0.15) is 13.2 Å². The number of halogens is 3. The smallest absolute Gasteiger partial charge is 0.417 e. The van der Waals surface area contributed by atoms with Crippen molar-refractivity contribution in [3.05, 3.63) is 47.2 Å². The first kappa shape index (κ1) is 16.4. The zero-order valence-electron chi connectivity index (χ0n) is 11.1. The van der Waals surface area contributed by atoms with Gasteiger partial charge in [-0.3, -0.25) is 0 Å². The first-order valence-corrected chi connectivity index (χ1v) is 5.65. The van der Waals surface area contributed by atoms with Crippen LogP contribution in [0.4, 0.5) is 18.9 Å². The lowest BCUT2D eigenvalue weighted by Gasteiger charge is -2.16. The van der Waals surface area contributed by atoms with Gasteiger partial charge in [0.25, 0.3) is 0 Å². The lowest BCUT2D eigenvalue weighted by atomic mass is 9.99. The Hall–Kier alpha value is -2.64. The molecule has 0 unspecified atom stereocenters. The average Bonchev–Trinajstić information content (AvgIpc) is 2.42. The fraction of sp³-hybridized carbons (Fsp3) is 0.154. The number of alkyl halides is 3. The molecule has 5 nitrogen and oxygen atoms in total. The molecule has 0 aromatic heterocycles. The van der Waals surface area contributed by atoms with Crippen molar-refractivity contribution in [3.63, 3.8) is 0 Å². The third kappa shape index (κ3) is 3.68. The third-order valence-electron chi connectivity index (χ3n) is 2.60. The Morgan fingerprint density at radius 1 is 1.29 bits per heavy atom. The molecule has 6 N–H and O–H groups in total. The number of hydrogen-bond donors (Lipinski definition) is 3. The molecule has 8 heteroatoms. The summed E-state index contributed by atoms with van der Waals surface area (Å²) in [5, 5.41) is 0. The van der Waals surface area contributed by atoms with Crippen LogP contribution < -0.4 is 17.2 Å². The van der Waals surface area contributed by atoms with Crippen molar-refractivity contribution in [1.82, 2.24) is 0 Å². The average molecular weight is 301 g/mol. The van der Waals surface area contributed by atoms with E-state index < -0.39 is 17.7 Å². The highest BCUT2D eigenvalue weighted by Gasteiger charge is 2.35. The van der Waals surface area contributed by atoms with E-state index in [1.807, 2.05) is 0 Å². The summed E-state index contributed by atoms with van der Waals surface area (Å²) >= 11 is 0. The standard InChI is InChI=1S/C13H14F3N3O2/c1-21-12(20)8-5-7(10(18)3-2-4-17)9(6-11(8)19)13(14,15)16/h2-6H,17-19H2,1H3/b4-2-,10-3-.